The van der Waals surface area contributed by atoms with E-state index in [1.54, 1.807) is 0 Å². The molecule has 0 spiro atoms. The van der Waals surface area contributed by atoms with Gasteiger partial charge in [0.15, 0.2) is 0 Å². The van der Waals surface area contributed by atoms with E-state index in [4.69, 9.17) is 5.73 Å². The molecule has 8 heteroatoms. The minimum absolute atomic E-state index is 0.0845. The number of thioether (sulfide) groups is 1. The Morgan fingerprint density at radius 1 is 1.07 bits per heavy atom. The lowest BCUT2D eigenvalue weighted by Gasteiger charge is -2.24. The average Bonchev–Trinajstić information content (AvgIpc) is 2.64. The van der Waals surface area contributed by atoms with Crippen molar-refractivity contribution in [1.82, 2.24) is 10.6 Å². The van der Waals surface area contributed by atoms with E-state index in [2.05, 4.69) is 10.6 Å². The number of hydrogen-bond acceptors (Lipinski definition) is 5. The lowest BCUT2D eigenvalue weighted by Crippen LogP contribution is -2.56. The summed E-state index contributed by atoms with van der Waals surface area (Å²) < 4.78 is 0. The first-order chi connectivity index (χ1) is 12.8. The third kappa shape index (κ3) is 8.01. The van der Waals surface area contributed by atoms with Crippen molar-refractivity contribution in [3.63, 3.8) is 0 Å². The maximum Gasteiger partial charge on any atom is 0.326 e. The third-order valence-corrected chi connectivity index (χ3v) is 4.81. The topological polar surface area (TPSA) is 122 Å². The molecule has 3 unspecified atom stereocenters. The zero-order valence-corrected chi connectivity index (χ0v) is 16.8. The Morgan fingerprint density at radius 2 is 1.67 bits per heavy atom. The lowest BCUT2D eigenvalue weighted by molar-refractivity contribution is -0.142. The van der Waals surface area contributed by atoms with E-state index in [1.165, 1.54) is 11.8 Å². The number of aliphatic carboxylic acids is 1. The van der Waals surface area contributed by atoms with E-state index in [1.807, 2.05) is 50.4 Å². The number of carbonyl (C=O) groups is 3. The van der Waals surface area contributed by atoms with Gasteiger partial charge in [-0.1, -0.05) is 44.2 Å². The maximum atomic E-state index is 12.7. The number of benzene rings is 1. The number of rotatable bonds is 11. The summed E-state index contributed by atoms with van der Waals surface area (Å²) in [5.41, 5.74) is 6.73. The minimum Gasteiger partial charge on any atom is -0.480 e. The molecular weight excluding hydrogens is 366 g/mol. The second-order valence-corrected chi connectivity index (χ2v) is 7.69. The van der Waals surface area contributed by atoms with E-state index >= 15 is 0 Å². The molecule has 3 atom stereocenters. The van der Waals surface area contributed by atoms with Gasteiger partial charge >= 0.3 is 5.97 Å². The van der Waals surface area contributed by atoms with Gasteiger partial charge in [0.1, 0.15) is 12.1 Å². The molecule has 0 saturated heterocycles. The molecule has 0 fully saturated rings. The Balaban J connectivity index is 2.92. The van der Waals surface area contributed by atoms with Crippen LogP contribution >= 0.6 is 11.8 Å². The molecule has 0 aliphatic rings. The van der Waals surface area contributed by atoms with Gasteiger partial charge in [0, 0.05) is 6.42 Å². The van der Waals surface area contributed by atoms with Crippen molar-refractivity contribution < 1.29 is 19.5 Å². The summed E-state index contributed by atoms with van der Waals surface area (Å²) >= 11 is 1.50. The van der Waals surface area contributed by atoms with Gasteiger partial charge in [-0.2, -0.15) is 11.8 Å². The van der Waals surface area contributed by atoms with Crippen LogP contribution in [0.1, 0.15) is 25.8 Å². The molecule has 0 aromatic heterocycles. The molecule has 2 amide bonds. The largest absolute Gasteiger partial charge is 0.480 e. The standard InChI is InChI=1S/C19H29N3O4S/c1-12(2)16(20)18(24)22-15(11-13-7-5-4-6-8-13)17(23)21-14(19(25)26)9-10-27-3/h4-8,12,14-16H,9-11,20H2,1-3H3,(H,21,23)(H,22,24)(H,25,26). The van der Waals surface area contributed by atoms with Crippen molar-refractivity contribution >= 4 is 29.5 Å². The van der Waals surface area contributed by atoms with Crippen LogP contribution in [0.25, 0.3) is 0 Å². The fraction of sp³-hybridized carbons (Fsp3) is 0.526. The van der Waals surface area contributed by atoms with Crippen molar-refractivity contribution in [2.75, 3.05) is 12.0 Å². The van der Waals surface area contributed by atoms with Crippen LogP contribution in [0, 0.1) is 5.92 Å². The predicted molar refractivity (Wildman–Crippen MR) is 107 cm³/mol. The molecule has 0 radical (unpaired) electrons. The fourth-order valence-corrected chi connectivity index (χ4v) is 2.87. The van der Waals surface area contributed by atoms with Gasteiger partial charge in [-0.05, 0) is 29.9 Å². The van der Waals surface area contributed by atoms with Crippen molar-refractivity contribution in [2.45, 2.75) is 44.8 Å². The highest BCUT2D eigenvalue weighted by atomic mass is 32.2. The number of carboxylic acids is 1. The van der Waals surface area contributed by atoms with Crippen LogP contribution in [0.5, 0.6) is 0 Å². The average molecular weight is 396 g/mol. The summed E-state index contributed by atoms with van der Waals surface area (Å²) in [5, 5.41) is 14.5. The first-order valence-corrected chi connectivity index (χ1v) is 10.3. The van der Waals surface area contributed by atoms with Gasteiger partial charge in [0.05, 0.1) is 6.04 Å². The number of amides is 2. The summed E-state index contributed by atoms with van der Waals surface area (Å²) in [7, 11) is 0. The van der Waals surface area contributed by atoms with Crippen LogP contribution in [-0.2, 0) is 20.8 Å². The Hall–Kier alpha value is -2.06. The summed E-state index contributed by atoms with van der Waals surface area (Å²) in [4.78, 5) is 36.5. The molecule has 0 aliphatic heterocycles. The van der Waals surface area contributed by atoms with E-state index in [-0.39, 0.29) is 12.3 Å². The van der Waals surface area contributed by atoms with Crippen molar-refractivity contribution in [2.24, 2.45) is 11.7 Å². The molecule has 7 nitrogen and oxygen atoms in total. The summed E-state index contributed by atoms with van der Waals surface area (Å²) in [6.45, 7) is 3.64. The van der Waals surface area contributed by atoms with Gasteiger partial charge in [0.2, 0.25) is 11.8 Å². The first-order valence-electron chi connectivity index (χ1n) is 8.88. The molecule has 0 aliphatic carbocycles. The van der Waals surface area contributed by atoms with Gasteiger partial charge < -0.3 is 21.5 Å². The maximum absolute atomic E-state index is 12.7. The van der Waals surface area contributed by atoms with Gasteiger partial charge in [0.25, 0.3) is 0 Å². The SMILES string of the molecule is CSCCC(NC(=O)C(Cc1ccccc1)NC(=O)C(N)C(C)C)C(=O)O. The monoisotopic (exact) mass is 395 g/mol. The molecule has 0 heterocycles. The Labute approximate surface area is 164 Å². The van der Waals surface area contributed by atoms with Crippen LogP contribution in [-0.4, -0.2) is 53.0 Å². The molecule has 1 aromatic carbocycles. The molecule has 1 rings (SSSR count). The second-order valence-electron chi connectivity index (χ2n) is 6.70. The van der Waals surface area contributed by atoms with Crippen LogP contribution in [0.3, 0.4) is 0 Å². The molecule has 150 valence electrons. The predicted octanol–water partition coefficient (Wildman–Crippen LogP) is 1.02. The molecular formula is C19H29N3O4S. The summed E-state index contributed by atoms with van der Waals surface area (Å²) in [6.07, 6.45) is 2.42. The van der Waals surface area contributed by atoms with Crippen molar-refractivity contribution in [1.29, 1.82) is 0 Å². The highest BCUT2D eigenvalue weighted by Gasteiger charge is 2.28. The van der Waals surface area contributed by atoms with Gasteiger partial charge in [-0.3, -0.25) is 9.59 Å². The quantitative estimate of drug-likeness (QED) is 0.444. The van der Waals surface area contributed by atoms with E-state index in [9.17, 15) is 19.5 Å². The highest BCUT2D eigenvalue weighted by Crippen LogP contribution is 2.07. The fourth-order valence-electron chi connectivity index (χ4n) is 2.40. The number of nitrogens with two attached hydrogens (primary N) is 1. The molecule has 1 aromatic rings. The number of carboxylic acid groups (broad SMARTS) is 1. The van der Waals surface area contributed by atoms with E-state index in [0.29, 0.717) is 12.2 Å². The van der Waals surface area contributed by atoms with Crippen LogP contribution < -0.4 is 16.4 Å². The number of nitrogens with one attached hydrogen (secondary N) is 2. The lowest BCUT2D eigenvalue weighted by atomic mass is 10.0. The Bertz CT molecular complexity index is 625. The zero-order valence-electron chi connectivity index (χ0n) is 16.0. The van der Waals surface area contributed by atoms with Crippen LogP contribution in [0.15, 0.2) is 30.3 Å². The normalized spacial score (nSPS) is 14.3. The smallest absolute Gasteiger partial charge is 0.326 e. The van der Waals surface area contributed by atoms with Crippen LogP contribution in [0.2, 0.25) is 0 Å². The van der Waals surface area contributed by atoms with E-state index < -0.39 is 35.9 Å². The Kier molecular flexibility index (Phi) is 9.88. The Morgan fingerprint density at radius 3 is 2.19 bits per heavy atom. The molecule has 27 heavy (non-hydrogen) atoms. The van der Waals surface area contributed by atoms with Crippen molar-refractivity contribution in [3.05, 3.63) is 35.9 Å². The van der Waals surface area contributed by atoms with Gasteiger partial charge in [-0.15, -0.1) is 0 Å². The first kappa shape index (κ1) is 23.0. The van der Waals surface area contributed by atoms with Gasteiger partial charge in [-0.25, -0.2) is 4.79 Å². The number of hydrogen-bond donors (Lipinski definition) is 4. The summed E-state index contributed by atoms with van der Waals surface area (Å²) in [5.74, 6) is -1.54. The molecule has 0 saturated carbocycles. The minimum atomic E-state index is -1.10. The van der Waals surface area contributed by atoms with Crippen molar-refractivity contribution in [3.8, 4) is 0 Å². The summed E-state index contributed by atoms with van der Waals surface area (Å²) in [6, 6.07) is 6.57. The molecule has 5 N–H and O–H groups in total. The highest BCUT2D eigenvalue weighted by molar-refractivity contribution is 7.98. The second kappa shape index (κ2) is 11.6. The number of carbonyl (C=O) groups excluding carboxylic acids is 2. The van der Waals surface area contributed by atoms with Crippen LogP contribution in [0.4, 0.5) is 0 Å². The van der Waals surface area contributed by atoms with E-state index in [0.717, 1.165) is 5.56 Å². The molecule has 0 bridgehead atoms. The third-order valence-electron chi connectivity index (χ3n) is 4.16. The zero-order chi connectivity index (χ0) is 20.4.